The maximum Gasteiger partial charge on any atom is 0.409 e. The minimum Gasteiger partial charge on any atom is -0.465 e. The fourth-order valence-corrected chi connectivity index (χ4v) is 2.40. The normalized spacial score (nSPS) is 13.0. The summed E-state index contributed by atoms with van der Waals surface area (Å²) in [6, 6.07) is 20.0. The van der Waals surface area contributed by atoms with Gasteiger partial charge in [0.1, 0.15) is 0 Å². The summed E-state index contributed by atoms with van der Waals surface area (Å²) in [4.78, 5) is 14.5. The number of carboxylic acid groups (broad SMARTS) is 1. The maximum atomic E-state index is 10.4. The molecule has 0 atom stereocenters. The number of aromatic nitrogens is 1. The number of nitrogens with one attached hydrogen (secondary N) is 1. The third-order valence-electron chi connectivity index (χ3n) is 3.69. The highest BCUT2D eigenvalue weighted by Crippen LogP contribution is 2.39. The van der Waals surface area contributed by atoms with Gasteiger partial charge in [-0.15, -0.1) is 0 Å². The van der Waals surface area contributed by atoms with E-state index in [1.807, 2.05) is 24.3 Å². The first-order valence-corrected chi connectivity index (χ1v) is 7.62. The molecular formula is C19H18N2O2. The van der Waals surface area contributed by atoms with E-state index in [0.29, 0.717) is 5.69 Å². The van der Waals surface area contributed by atoms with Crippen LogP contribution in [0.3, 0.4) is 0 Å². The molecular weight excluding hydrogens is 288 g/mol. The van der Waals surface area contributed by atoms with Crippen LogP contribution in [0.25, 0.3) is 10.9 Å². The number of carbonyl (C=O) groups is 1. The van der Waals surface area contributed by atoms with E-state index in [1.165, 1.54) is 24.6 Å². The first-order chi connectivity index (χ1) is 11.2. The largest absolute Gasteiger partial charge is 0.465 e. The Kier molecular flexibility index (Phi) is 4.52. The fourth-order valence-electron chi connectivity index (χ4n) is 2.40. The lowest BCUT2D eigenvalue weighted by molar-refractivity contribution is 0.209. The molecule has 1 saturated carbocycles. The fraction of sp³-hybridized carbons (Fsp3) is 0.158. The van der Waals surface area contributed by atoms with Crippen LogP contribution in [0.5, 0.6) is 0 Å². The van der Waals surface area contributed by atoms with Crippen LogP contribution in [0, 0.1) is 0 Å². The monoisotopic (exact) mass is 306 g/mol. The number of amides is 1. The lowest BCUT2D eigenvalue weighted by Crippen LogP contribution is -2.07. The van der Waals surface area contributed by atoms with E-state index in [4.69, 9.17) is 5.11 Å². The SMILES string of the molecule is O=C(O)Nc1cnc2ccccc2c1.c1ccc(C2CC2)cc1. The molecule has 2 aromatic carbocycles. The molecule has 1 amide bonds. The number of pyridine rings is 1. The number of para-hydroxylation sites is 1. The summed E-state index contributed by atoms with van der Waals surface area (Å²) in [5.74, 6) is 0.909. The molecule has 4 heteroatoms. The number of anilines is 1. The van der Waals surface area contributed by atoms with Crippen molar-refractivity contribution in [2.45, 2.75) is 18.8 Å². The van der Waals surface area contributed by atoms with Gasteiger partial charge in [-0.3, -0.25) is 10.3 Å². The highest BCUT2D eigenvalue weighted by atomic mass is 16.4. The molecule has 0 spiro atoms. The van der Waals surface area contributed by atoms with Crippen LogP contribution >= 0.6 is 0 Å². The second kappa shape index (κ2) is 6.92. The molecule has 4 nitrogen and oxygen atoms in total. The topological polar surface area (TPSA) is 62.2 Å². The molecule has 116 valence electrons. The number of nitrogens with zero attached hydrogens (tertiary/aromatic N) is 1. The van der Waals surface area contributed by atoms with Crippen molar-refractivity contribution in [3.8, 4) is 0 Å². The first-order valence-electron chi connectivity index (χ1n) is 7.62. The third-order valence-corrected chi connectivity index (χ3v) is 3.69. The van der Waals surface area contributed by atoms with E-state index in [9.17, 15) is 4.79 Å². The van der Waals surface area contributed by atoms with Gasteiger partial charge in [0, 0.05) is 5.39 Å². The molecule has 0 saturated heterocycles. The number of hydrogen-bond donors (Lipinski definition) is 2. The average molecular weight is 306 g/mol. The van der Waals surface area contributed by atoms with Crippen molar-refractivity contribution in [3.05, 3.63) is 72.4 Å². The Morgan fingerprint density at radius 3 is 2.43 bits per heavy atom. The van der Waals surface area contributed by atoms with Crippen LogP contribution < -0.4 is 5.32 Å². The minimum atomic E-state index is -1.08. The van der Waals surface area contributed by atoms with Crippen molar-refractivity contribution in [1.29, 1.82) is 0 Å². The van der Waals surface area contributed by atoms with Crippen molar-refractivity contribution in [1.82, 2.24) is 4.98 Å². The Hall–Kier alpha value is -2.88. The number of rotatable bonds is 2. The van der Waals surface area contributed by atoms with Gasteiger partial charge in [0.15, 0.2) is 0 Å². The standard InChI is InChI=1S/C10H8N2O2.C9H10/c13-10(14)12-8-5-7-3-1-2-4-9(7)11-6-8;1-2-4-8(5-3-1)9-6-7-9/h1-6,12H,(H,13,14);1-5,9H,6-7H2. The highest BCUT2D eigenvalue weighted by Gasteiger charge is 2.22. The summed E-state index contributed by atoms with van der Waals surface area (Å²) in [5.41, 5.74) is 2.86. The molecule has 1 aromatic heterocycles. The highest BCUT2D eigenvalue weighted by molar-refractivity contribution is 5.87. The number of fused-ring (bicyclic) bond motifs is 1. The molecule has 23 heavy (non-hydrogen) atoms. The summed E-state index contributed by atoms with van der Waals surface area (Å²) in [6.07, 6.45) is 3.23. The van der Waals surface area contributed by atoms with E-state index >= 15 is 0 Å². The summed E-state index contributed by atoms with van der Waals surface area (Å²) in [5, 5.41) is 11.7. The van der Waals surface area contributed by atoms with Gasteiger partial charge in [0.2, 0.25) is 0 Å². The zero-order chi connectivity index (χ0) is 16.1. The van der Waals surface area contributed by atoms with E-state index in [-0.39, 0.29) is 0 Å². The molecule has 0 radical (unpaired) electrons. The molecule has 3 aromatic rings. The van der Waals surface area contributed by atoms with Crippen LogP contribution in [0.15, 0.2) is 66.9 Å². The summed E-state index contributed by atoms with van der Waals surface area (Å²) >= 11 is 0. The number of benzene rings is 2. The molecule has 4 rings (SSSR count). The molecule has 1 aliphatic carbocycles. The molecule has 1 aliphatic rings. The molecule has 0 aliphatic heterocycles. The van der Waals surface area contributed by atoms with Crippen molar-refractivity contribution in [3.63, 3.8) is 0 Å². The van der Waals surface area contributed by atoms with Crippen molar-refractivity contribution < 1.29 is 9.90 Å². The predicted molar refractivity (Wildman–Crippen MR) is 91.8 cm³/mol. The van der Waals surface area contributed by atoms with Crippen molar-refractivity contribution in [2.24, 2.45) is 0 Å². The van der Waals surface area contributed by atoms with Gasteiger partial charge in [0.25, 0.3) is 0 Å². The van der Waals surface area contributed by atoms with Crippen LogP contribution in [0.1, 0.15) is 24.3 Å². The summed E-state index contributed by atoms with van der Waals surface area (Å²) in [7, 11) is 0. The zero-order valence-corrected chi connectivity index (χ0v) is 12.6. The Bertz CT molecular complexity index is 799. The summed E-state index contributed by atoms with van der Waals surface area (Å²) in [6.45, 7) is 0. The van der Waals surface area contributed by atoms with Gasteiger partial charge in [0.05, 0.1) is 17.4 Å². The van der Waals surface area contributed by atoms with Crippen LogP contribution in [0.2, 0.25) is 0 Å². The van der Waals surface area contributed by atoms with Gasteiger partial charge in [-0.05, 0) is 36.5 Å². The molecule has 2 N–H and O–H groups in total. The Morgan fingerprint density at radius 2 is 1.74 bits per heavy atom. The molecule has 1 fully saturated rings. The van der Waals surface area contributed by atoms with Crippen molar-refractivity contribution in [2.75, 3.05) is 5.32 Å². The van der Waals surface area contributed by atoms with Crippen LogP contribution in [-0.2, 0) is 0 Å². The van der Waals surface area contributed by atoms with Gasteiger partial charge in [-0.1, -0.05) is 48.5 Å². The average Bonchev–Trinajstić information content (AvgIpc) is 3.41. The molecule has 0 unspecified atom stereocenters. The van der Waals surface area contributed by atoms with E-state index in [2.05, 4.69) is 40.6 Å². The third kappa shape index (κ3) is 4.30. The quantitative estimate of drug-likeness (QED) is 0.708. The van der Waals surface area contributed by atoms with E-state index < -0.39 is 6.09 Å². The van der Waals surface area contributed by atoms with Gasteiger partial charge in [-0.25, -0.2) is 4.79 Å². The van der Waals surface area contributed by atoms with E-state index in [0.717, 1.165) is 16.8 Å². The van der Waals surface area contributed by atoms with Gasteiger partial charge >= 0.3 is 6.09 Å². The van der Waals surface area contributed by atoms with E-state index in [1.54, 1.807) is 6.07 Å². The Labute approximate surface area is 134 Å². The van der Waals surface area contributed by atoms with Crippen LogP contribution in [-0.4, -0.2) is 16.2 Å². The van der Waals surface area contributed by atoms with Gasteiger partial charge < -0.3 is 5.11 Å². The predicted octanol–water partition coefficient (Wildman–Crippen LogP) is 4.89. The second-order valence-corrected chi connectivity index (χ2v) is 5.53. The van der Waals surface area contributed by atoms with Crippen LogP contribution in [0.4, 0.5) is 10.5 Å². The summed E-state index contributed by atoms with van der Waals surface area (Å²) < 4.78 is 0. The smallest absolute Gasteiger partial charge is 0.409 e. The Morgan fingerprint density at radius 1 is 1.04 bits per heavy atom. The lowest BCUT2D eigenvalue weighted by Gasteiger charge is -2.01. The molecule has 1 heterocycles. The minimum absolute atomic E-state index is 0.483. The number of hydrogen-bond acceptors (Lipinski definition) is 2. The van der Waals surface area contributed by atoms with Gasteiger partial charge in [-0.2, -0.15) is 0 Å². The Balaban J connectivity index is 0.000000149. The molecule has 0 bridgehead atoms. The zero-order valence-electron chi connectivity index (χ0n) is 12.6. The first kappa shape index (κ1) is 15.0. The van der Waals surface area contributed by atoms with Crippen molar-refractivity contribution >= 4 is 22.7 Å². The second-order valence-electron chi connectivity index (χ2n) is 5.53. The maximum absolute atomic E-state index is 10.4. The lowest BCUT2D eigenvalue weighted by atomic mass is 10.1.